The second-order valence-electron chi connectivity index (χ2n) is 16.9. The highest BCUT2D eigenvalue weighted by atomic mass is 28.4. The van der Waals surface area contributed by atoms with Crippen LogP contribution in [0.25, 0.3) is 0 Å². The van der Waals surface area contributed by atoms with E-state index >= 15 is 0 Å². The normalized spacial score (nSPS) is 19.1. The Labute approximate surface area is 291 Å². The Morgan fingerprint density at radius 1 is 0.766 bits per heavy atom. The molecule has 0 saturated carbocycles. The van der Waals surface area contributed by atoms with Crippen LogP contribution in [0.1, 0.15) is 103 Å². The lowest BCUT2D eigenvalue weighted by atomic mass is 9.81. The highest BCUT2D eigenvalue weighted by Gasteiger charge is 2.44. The third-order valence-corrected chi connectivity index (χ3v) is 19.4. The molecule has 8 atom stereocenters. The summed E-state index contributed by atoms with van der Waals surface area (Å²) in [5.41, 5.74) is 6.86. The fourth-order valence-electron chi connectivity index (χ4n) is 5.59. The van der Waals surface area contributed by atoms with E-state index in [-0.39, 0.29) is 57.8 Å². The number of methoxy groups -OCH3 is 1. The van der Waals surface area contributed by atoms with Crippen molar-refractivity contribution in [3.63, 3.8) is 0 Å². The fourth-order valence-corrected chi connectivity index (χ4v) is 8.53. The van der Waals surface area contributed by atoms with Crippen molar-refractivity contribution in [2.24, 2.45) is 35.3 Å². The van der Waals surface area contributed by atoms with Crippen LogP contribution in [0, 0.1) is 29.6 Å². The van der Waals surface area contributed by atoms with Crippen molar-refractivity contribution in [3.05, 3.63) is 36.0 Å². The van der Waals surface area contributed by atoms with Crippen LogP contribution in [0.5, 0.6) is 0 Å². The van der Waals surface area contributed by atoms with Gasteiger partial charge in [-0.25, -0.2) is 9.59 Å². The summed E-state index contributed by atoms with van der Waals surface area (Å²) in [6.45, 7) is 37.6. The highest BCUT2D eigenvalue weighted by molar-refractivity contribution is 6.74. The third-order valence-electron chi connectivity index (χ3n) is 10.5. The maximum Gasteiger partial charge on any atom is 0.404 e. The number of hydrogen-bond acceptors (Lipinski definition) is 6. The molecule has 47 heavy (non-hydrogen) atoms. The van der Waals surface area contributed by atoms with Crippen molar-refractivity contribution in [1.82, 2.24) is 0 Å². The van der Waals surface area contributed by atoms with Gasteiger partial charge >= 0.3 is 12.1 Å². The van der Waals surface area contributed by atoms with E-state index in [1.54, 1.807) is 0 Å². The van der Waals surface area contributed by atoms with Gasteiger partial charge in [0.2, 0.25) is 0 Å². The Balaban J connectivity index is 6.67. The van der Waals surface area contributed by atoms with E-state index in [9.17, 15) is 9.59 Å². The van der Waals surface area contributed by atoms with Gasteiger partial charge in [-0.05, 0) is 67.9 Å². The number of allylic oxidation sites excluding steroid dienone is 2. The number of carbonyl (C=O) groups is 2. The number of esters is 1. The largest absolute Gasteiger partial charge is 0.466 e. The van der Waals surface area contributed by atoms with Gasteiger partial charge in [0.1, 0.15) is 6.10 Å². The number of hydrogen-bond donors (Lipinski definition) is 1. The minimum absolute atomic E-state index is 0.00115. The smallest absolute Gasteiger partial charge is 0.404 e. The molecule has 9 heteroatoms. The predicted octanol–water partition coefficient (Wildman–Crippen LogP) is 10.4. The van der Waals surface area contributed by atoms with E-state index in [1.165, 1.54) is 18.8 Å². The predicted molar refractivity (Wildman–Crippen MR) is 203 cm³/mol. The Bertz CT molecular complexity index is 1070. The first kappa shape index (κ1) is 45.3. The van der Waals surface area contributed by atoms with Crippen LogP contribution in [0.3, 0.4) is 0 Å². The Kier molecular flexibility index (Phi) is 18.2. The topological polar surface area (TPSA) is 97.1 Å². The van der Waals surface area contributed by atoms with E-state index in [2.05, 4.69) is 134 Å². The van der Waals surface area contributed by atoms with E-state index < -0.39 is 28.8 Å². The number of amides is 1. The molecule has 0 spiro atoms. The van der Waals surface area contributed by atoms with Crippen molar-refractivity contribution in [1.29, 1.82) is 0 Å². The standard InChI is InChI=1S/C38H73NO6Si2/c1-19-20-21-27(3)34(43-36(39)41)31(7)35(45-47(17,18)38(11,12)13)30(6)25-26(2)24-29(5)33(28(4)22-23-32(40)42-14)44-46(15,16)37(8,9)10/h20-24,27-31,33-35H,19,25H2,1-18H3,(H2,39,41)/b21-20-,23-22-,26-24-/t27?,28?,29-,30-,31+,33-,34-,35+/m0/s1. The zero-order valence-electron chi connectivity index (χ0n) is 33.4. The highest BCUT2D eigenvalue weighted by Crippen LogP contribution is 2.42. The molecule has 0 heterocycles. The summed E-state index contributed by atoms with van der Waals surface area (Å²) < 4.78 is 24.9. The van der Waals surface area contributed by atoms with Crippen molar-refractivity contribution in [2.75, 3.05) is 7.11 Å². The average Bonchev–Trinajstić information content (AvgIpc) is 2.92. The Morgan fingerprint density at radius 3 is 1.66 bits per heavy atom. The molecule has 274 valence electrons. The monoisotopic (exact) mass is 695 g/mol. The van der Waals surface area contributed by atoms with Gasteiger partial charge in [-0.1, -0.05) is 113 Å². The number of primary amides is 1. The van der Waals surface area contributed by atoms with Crippen molar-refractivity contribution >= 4 is 28.7 Å². The molecule has 0 aliphatic rings. The lowest BCUT2D eigenvalue weighted by Crippen LogP contribution is -2.50. The SMILES string of the molecule is CC/C=C\C(C)[C@H](OC(N)=O)[C@@H](C)[C@H](O[Si](C)(C)C(C)(C)C)[C@@H](C)C/C(C)=C\[C@H](C)[C@@H](O[Si](C)(C)C(C)(C)C)C(C)/C=C\C(=O)OC. The quantitative estimate of drug-likeness (QED) is 0.0663. The maximum atomic E-state index is 12.1. The minimum Gasteiger partial charge on any atom is -0.466 e. The first-order valence-electron chi connectivity index (χ1n) is 17.6. The molecule has 0 aromatic heterocycles. The van der Waals surface area contributed by atoms with Crippen LogP contribution in [0.2, 0.25) is 36.3 Å². The third kappa shape index (κ3) is 14.8. The van der Waals surface area contributed by atoms with Crippen LogP contribution >= 0.6 is 0 Å². The molecular formula is C38H73NO6Si2. The zero-order valence-corrected chi connectivity index (χ0v) is 35.4. The second-order valence-corrected chi connectivity index (χ2v) is 26.4. The summed E-state index contributed by atoms with van der Waals surface area (Å²) in [6, 6.07) is 0. The van der Waals surface area contributed by atoms with E-state index in [4.69, 9.17) is 24.1 Å². The van der Waals surface area contributed by atoms with E-state index in [0.717, 1.165) is 12.8 Å². The van der Waals surface area contributed by atoms with Crippen molar-refractivity contribution in [3.8, 4) is 0 Å². The van der Waals surface area contributed by atoms with Crippen molar-refractivity contribution < 1.29 is 27.9 Å². The van der Waals surface area contributed by atoms with Gasteiger partial charge in [0.05, 0.1) is 19.3 Å². The summed E-state index contributed by atoms with van der Waals surface area (Å²) in [7, 11) is -2.92. The van der Waals surface area contributed by atoms with Gasteiger partial charge in [0.15, 0.2) is 16.6 Å². The lowest BCUT2D eigenvalue weighted by molar-refractivity contribution is -0.134. The molecule has 0 aliphatic carbocycles. The molecule has 0 rings (SSSR count). The number of carbonyl (C=O) groups excluding carboxylic acids is 2. The van der Waals surface area contributed by atoms with Crippen LogP contribution < -0.4 is 5.73 Å². The van der Waals surface area contributed by atoms with Gasteiger partial charge in [0, 0.05) is 23.8 Å². The van der Waals surface area contributed by atoms with E-state index in [1.807, 2.05) is 6.08 Å². The molecule has 0 aromatic carbocycles. The summed E-state index contributed by atoms with van der Waals surface area (Å²) >= 11 is 0. The van der Waals surface area contributed by atoms with E-state index in [0.29, 0.717) is 0 Å². The molecule has 0 saturated heterocycles. The molecule has 2 N–H and O–H groups in total. The minimum atomic E-state index is -2.19. The second kappa shape index (κ2) is 18.9. The Hall–Kier alpha value is -1.69. The molecule has 0 fully saturated rings. The molecule has 0 radical (unpaired) electrons. The average molecular weight is 696 g/mol. The molecule has 0 aromatic rings. The summed E-state index contributed by atoms with van der Waals surface area (Å²) in [5, 5.41) is 0.0570. The first-order valence-corrected chi connectivity index (χ1v) is 23.5. The van der Waals surface area contributed by atoms with Crippen LogP contribution in [0.4, 0.5) is 4.79 Å². The van der Waals surface area contributed by atoms with Crippen LogP contribution in [0.15, 0.2) is 36.0 Å². The molecule has 0 bridgehead atoms. The molecule has 2 unspecified atom stereocenters. The first-order chi connectivity index (χ1) is 21.2. The van der Waals surface area contributed by atoms with Gasteiger partial charge in [0.25, 0.3) is 0 Å². The van der Waals surface area contributed by atoms with Gasteiger partial charge < -0.3 is 24.1 Å². The molecule has 7 nitrogen and oxygen atoms in total. The maximum absolute atomic E-state index is 12.1. The Morgan fingerprint density at radius 2 is 1.23 bits per heavy atom. The number of nitrogens with two attached hydrogens (primary N) is 1. The van der Waals surface area contributed by atoms with Gasteiger partial charge in [-0.15, -0.1) is 0 Å². The van der Waals surface area contributed by atoms with Crippen molar-refractivity contribution in [2.45, 2.75) is 157 Å². The molecule has 0 aliphatic heterocycles. The lowest BCUT2D eigenvalue weighted by Gasteiger charge is -2.45. The molecule has 1 amide bonds. The van der Waals surface area contributed by atoms with Gasteiger partial charge in [-0.3, -0.25) is 0 Å². The summed E-state index contributed by atoms with van der Waals surface area (Å²) in [5.74, 6) is -0.239. The summed E-state index contributed by atoms with van der Waals surface area (Å²) in [6.07, 6.45) is 10.2. The number of ether oxygens (including phenoxy) is 2. The van der Waals surface area contributed by atoms with Crippen LogP contribution in [-0.4, -0.2) is 54.1 Å². The zero-order chi connectivity index (χ0) is 37.1. The molecular weight excluding hydrogens is 623 g/mol. The van der Waals surface area contributed by atoms with Crippen LogP contribution in [-0.2, 0) is 23.1 Å². The summed E-state index contributed by atoms with van der Waals surface area (Å²) in [4.78, 5) is 24.0. The number of rotatable bonds is 18. The fraction of sp³-hybridized carbons (Fsp3) is 0.789. The van der Waals surface area contributed by atoms with Gasteiger partial charge in [-0.2, -0.15) is 0 Å².